The topological polar surface area (TPSA) is 0 Å². The lowest BCUT2D eigenvalue weighted by molar-refractivity contribution is 1.62. The lowest BCUT2D eigenvalue weighted by atomic mass is 9.80. The highest BCUT2D eigenvalue weighted by molar-refractivity contribution is 6.33. The van der Waals surface area contributed by atoms with E-state index in [0.29, 0.717) is 0 Å². The normalized spacial score (nSPS) is 11.7. The molecule has 0 spiro atoms. The maximum atomic E-state index is 2.50. The van der Waals surface area contributed by atoms with Gasteiger partial charge in [-0.2, -0.15) is 0 Å². The maximum absolute atomic E-state index is 2.50. The van der Waals surface area contributed by atoms with Gasteiger partial charge in [0.25, 0.3) is 0 Å². The molecular formula is C70H44. The zero-order chi connectivity index (χ0) is 46.1. The number of hydrogen-bond donors (Lipinski definition) is 0. The van der Waals surface area contributed by atoms with Crippen molar-refractivity contribution in [1.82, 2.24) is 0 Å². The summed E-state index contributed by atoms with van der Waals surface area (Å²) in [4.78, 5) is 0. The van der Waals surface area contributed by atoms with Crippen LogP contribution in [0.3, 0.4) is 0 Å². The SMILES string of the molecule is c1ccc(-c2ccc(-c3cc(-c4ccccc4)c4ccc5c(-c6ccc(-c7ccccc7)c7ccccc67)cc(-c6ccc(-c7ccccc7)c7ccccc67)c6ccc3c4c56)c3ccccc23)cc1. The summed E-state index contributed by atoms with van der Waals surface area (Å²) in [5.74, 6) is 0. The Balaban J connectivity index is 1.13. The van der Waals surface area contributed by atoms with E-state index < -0.39 is 0 Å². The van der Waals surface area contributed by atoms with Gasteiger partial charge < -0.3 is 0 Å². The summed E-state index contributed by atoms with van der Waals surface area (Å²) in [6, 6.07) is 99.1. The van der Waals surface area contributed by atoms with Crippen LogP contribution in [0.15, 0.2) is 267 Å². The van der Waals surface area contributed by atoms with Crippen LogP contribution in [0.25, 0.3) is 143 Å². The van der Waals surface area contributed by atoms with E-state index in [2.05, 4.69) is 267 Å². The van der Waals surface area contributed by atoms with E-state index in [-0.39, 0.29) is 0 Å². The first-order chi connectivity index (χ1) is 34.8. The Bertz CT molecular complexity index is 4160. The molecule has 0 aliphatic heterocycles. The monoisotopic (exact) mass is 884 g/mol. The Morgan fingerprint density at radius 1 is 0.129 bits per heavy atom. The Kier molecular flexibility index (Phi) is 9.32. The Hall–Kier alpha value is -9.10. The van der Waals surface area contributed by atoms with Gasteiger partial charge in [-0.05, 0) is 155 Å². The van der Waals surface area contributed by atoms with E-state index in [9.17, 15) is 0 Å². The zero-order valence-electron chi connectivity index (χ0n) is 38.4. The van der Waals surface area contributed by atoms with Gasteiger partial charge in [0.05, 0.1) is 0 Å². The van der Waals surface area contributed by atoms with Gasteiger partial charge in [0, 0.05) is 0 Å². The van der Waals surface area contributed by atoms with E-state index in [1.165, 1.54) is 143 Å². The molecule has 324 valence electrons. The third-order valence-corrected chi connectivity index (χ3v) is 14.9. The lowest BCUT2D eigenvalue weighted by Crippen LogP contribution is -1.96. The molecule has 14 aromatic rings. The number of fused-ring (bicyclic) bond motifs is 3. The summed E-state index contributed by atoms with van der Waals surface area (Å²) < 4.78 is 0. The Labute approximate surface area is 407 Å². The van der Waals surface area contributed by atoms with Crippen LogP contribution in [-0.4, -0.2) is 0 Å². The van der Waals surface area contributed by atoms with Gasteiger partial charge in [0.15, 0.2) is 0 Å². The molecule has 0 saturated carbocycles. The van der Waals surface area contributed by atoms with Crippen molar-refractivity contribution in [2.45, 2.75) is 0 Å². The van der Waals surface area contributed by atoms with Crippen LogP contribution < -0.4 is 0 Å². The molecular weight excluding hydrogens is 841 g/mol. The predicted molar refractivity (Wildman–Crippen MR) is 301 cm³/mol. The summed E-state index contributed by atoms with van der Waals surface area (Å²) in [6.45, 7) is 0. The quantitative estimate of drug-likeness (QED) is 0.140. The first-order valence-corrected chi connectivity index (χ1v) is 24.3. The van der Waals surface area contributed by atoms with Gasteiger partial charge in [0.1, 0.15) is 0 Å². The molecule has 0 aliphatic rings. The molecule has 0 heterocycles. The van der Waals surface area contributed by atoms with Crippen molar-refractivity contribution in [1.29, 1.82) is 0 Å². The minimum atomic E-state index is 1.21. The van der Waals surface area contributed by atoms with E-state index in [4.69, 9.17) is 0 Å². The van der Waals surface area contributed by atoms with E-state index in [1.807, 2.05) is 0 Å². The second-order valence-electron chi connectivity index (χ2n) is 18.6. The van der Waals surface area contributed by atoms with Gasteiger partial charge >= 0.3 is 0 Å². The fourth-order valence-electron chi connectivity index (χ4n) is 11.7. The van der Waals surface area contributed by atoms with Crippen molar-refractivity contribution in [3.8, 4) is 77.9 Å². The molecule has 0 aromatic heterocycles. The Morgan fingerprint density at radius 2 is 0.343 bits per heavy atom. The molecule has 0 aliphatic carbocycles. The molecule has 0 atom stereocenters. The van der Waals surface area contributed by atoms with E-state index in [1.54, 1.807) is 0 Å². The second kappa shape index (κ2) is 16.3. The first-order valence-electron chi connectivity index (χ1n) is 24.3. The van der Waals surface area contributed by atoms with Crippen molar-refractivity contribution in [3.63, 3.8) is 0 Å². The molecule has 0 N–H and O–H groups in total. The molecule has 14 aromatic carbocycles. The average molecular weight is 885 g/mol. The van der Waals surface area contributed by atoms with Crippen molar-refractivity contribution in [2.75, 3.05) is 0 Å². The summed E-state index contributed by atoms with van der Waals surface area (Å²) in [6.07, 6.45) is 0. The maximum Gasteiger partial charge on any atom is -0.00139 e. The molecule has 0 fully saturated rings. The van der Waals surface area contributed by atoms with Crippen LogP contribution in [0.1, 0.15) is 0 Å². The van der Waals surface area contributed by atoms with Crippen LogP contribution >= 0.6 is 0 Å². The van der Waals surface area contributed by atoms with Crippen molar-refractivity contribution in [2.24, 2.45) is 0 Å². The van der Waals surface area contributed by atoms with E-state index >= 15 is 0 Å². The minimum absolute atomic E-state index is 1.21. The number of hydrogen-bond acceptors (Lipinski definition) is 0. The molecule has 0 unspecified atom stereocenters. The highest BCUT2D eigenvalue weighted by Gasteiger charge is 2.24. The van der Waals surface area contributed by atoms with Gasteiger partial charge in [-0.15, -0.1) is 0 Å². The third-order valence-electron chi connectivity index (χ3n) is 14.9. The van der Waals surface area contributed by atoms with Gasteiger partial charge in [-0.1, -0.05) is 255 Å². The zero-order valence-corrected chi connectivity index (χ0v) is 38.4. The molecule has 14 rings (SSSR count). The van der Waals surface area contributed by atoms with Gasteiger partial charge in [0.2, 0.25) is 0 Å². The summed E-state index contributed by atoms with van der Waals surface area (Å²) in [5, 5.41) is 15.1. The summed E-state index contributed by atoms with van der Waals surface area (Å²) >= 11 is 0. The van der Waals surface area contributed by atoms with Crippen LogP contribution in [0.2, 0.25) is 0 Å². The number of benzene rings is 14. The molecule has 0 amide bonds. The van der Waals surface area contributed by atoms with Crippen molar-refractivity contribution in [3.05, 3.63) is 267 Å². The van der Waals surface area contributed by atoms with Gasteiger partial charge in [-0.3, -0.25) is 0 Å². The lowest BCUT2D eigenvalue weighted by Gasteiger charge is -2.23. The molecule has 0 bridgehead atoms. The fraction of sp³-hybridized carbons (Fsp3) is 0. The molecule has 70 heavy (non-hydrogen) atoms. The van der Waals surface area contributed by atoms with E-state index in [0.717, 1.165) is 0 Å². The minimum Gasteiger partial charge on any atom is -0.0622 e. The predicted octanol–water partition coefficient (Wildman–Crippen LogP) is 19.7. The molecule has 0 nitrogen and oxygen atoms in total. The highest BCUT2D eigenvalue weighted by atomic mass is 14.3. The molecule has 0 heteroatoms. The third kappa shape index (κ3) is 6.31. The fourth-order valence-corrected chi connectivity index (χ4v) is 11.7. The van der Waals surface area contributed by atoms with Crippen LogP contribution in [0.5, 0.6) is 0 Å². The largest absolute Gasteiger partial charge is 0.0622 e. The van der Waals surface area contributed by atoms with Crippen LogP contribution in [-0.2, 0) is 0 Å². The molecule has 0 saturated heterocycles. The molecule has 0 radical (unpaired) electrons. The first kappa shape index (κ1) is 40.0. The van der Waals surface area contributed by atoms with Crippen LogP contribution in [0, 0.1) is 0 Å². The average Bonchev–Trinajstić information content (AvgIpc) is 3.44. The second-order valence-corrected chi connectivity index (χ2v) is 18.6. The van der Waals surface area contributed by atoms with Crippen LogP contribution in [0.4, 0.5) is 0 Å². The van der Waals surface area contributed by atoms with Crippen molar-refractivity contribution < 1.29 is 0 Å². The van der Waals surface area contributed by atoms with Gasteiger partial charge in [-0.25, -0.2) is 0 Å². The van der Waals surface area contributed by atoms with Crippen molar-refractivity contribution >= 4 is 64.6 Å². The summed E-state index contributed by atoms with van der Waals surface area (Å²) in [5.41, 5.74) is 17.2. The smallest absolute Gasteiger partial charge is 0.00139 e. The Morgan fingerprint density at radius 3 is 0.643 bits per heavy atom. The highest BCUT2D eigenvalue weighted by Crippen LogP contribution is 2.51. The number of rotatable bonds is 7. The summed E-state index contributed by atoms with van der Waals surface area (Å²) in [7, 11) is 0. The standard InChI is InChI=1S/C70H44/c1-5-19-45(20-6-1)49-33-36-58(55-30-16-13-27-52(49)55)66-43-65(48-25-11-4-12-26-48)61-39-40-63-67(59-37-34-50(46-21-7-2-8-22-46)53-28-14-17-31-56(53)59)44-68(64-42-41-62(66)69(61)70(63)64)60-38-35-51(47-23-9-3-10-24-47)54-29-15-18-32-57(54)60/h1-44H.